The van der Waals surface area contributed by atoms with Crippen LogP contribution in [0.5, 0.6) is 11.5 Å². The minimum atomic E-state index is 0. The van der Waals surface area contributed by atoms with Crippen molar-refractivity contribution in [2.75, 3.05) is 9.80 Å². The number of para-hydroxylation sites is 3. The van der Waals surface area contributed by atoms with Gasteiger partial charge in [0.1, 0.15) is 17.0 Å². The molecule has 0 atom stereocenters. The largest absolute Gasteiger partial charge is 0.509 e. The zero-order chi connectivity index (χ0) is 35.6. The second-order valence-corrected chi connectivity index (χ2v) is 13.3. The number of hydrogen-bond donors (Lipinski definition) is 0. The van der Waals surface area contributed by atoms with Gasteiger partial charge in [0.15, 0.2) is 0 Å². The Balaban J connectivity index is 0.00000372. The van der Waals surface area contributed by atoms with Gasteiger partial charge in [-0.05, 0) is 52.9 Å². The summed E-state index contributed by atoms with van der Waals surface area (Å²) in [6.07, 6.45) is 1.90. The van der Waals surface area contributed by atoms with Crippen LogP contribution in [0.2, 0.25) is 0 Å². The Morgan fingerprint density at radius 1 is 0.545 bits per heavy atom. The van der Waals surface area contributed by atoms with Crippen molar-refractivity contribution in [2.24, 2.45) is 0 Å². The number of fused-ring (bicyclic) bond motifs is 7. The maximum Gasteiger partial charge on any atom is 0.140 e. The molecule has 0 spiro atoms. The number of benzene rings is 7. The van der Waals surface area contributed by atoms with E-state index in [0.717, 1.165) is 83.4 Å². The molecule has 7 aromatic carbocycles. The van der Waals surface area contributed by atoms with Crippen LogP contribution in [-0.4, -0.2) is 9.55 Å². The summed E-state index contributed by atoms with van der Waals surface area (Å²) in [6, 6.07) is 63.1. The average molecular weight is 889 g/mol. The average Bonchev–Trinajstić information content (AvgIpc) is 3.90. The Kier molecular flexibility index (Phi) is 8.00. The van der Waals surface area contributed by atoms with E-state index < -0.39 is 0 Å². The van der Waals surface area contributed by atoms with Gasteiger partial charge < -0.3 is 23.5 Å². The molecular formula is C48H29N4O2Pt-3. The number of aromatic nitrogens is 2. The van der Waals surface area contributed by atoms with Crippen molar-refractivity contribution in [1.29, 1.82) is 0 Å². The van der Waals surface area contributed by atoms with E-state index >= 15 is 0 Å². The number of nitrogens with zero attached hydrogens (tertiary/aromatic N) is 4. The molecule has 0 saturated heterocycles. The molecule has 3 aromatic heterocycles. The van der Waals surface area contributed by atoms with E-state index in [1.54, 1.807) is 0 Å². The van der Waals surface area contributed by atoms with Gasteiger partial charge in [0, 0.05) is 78.2 Å². The molecule has 55 heavy (non-hydrogen) atoms. The van der Waals surface area contributed by atoms with E-state index in [1.165, 1.54) is 0 Å². The topological polar surface area (TPSA) is 46.7 Å². The minimum Gasteiger partial charge on any atom is -0.509 e. The van der Waals surface area contributed by atoms with E-state index in [4.69, 9.17) is 14.1 Å². The second kappa shape index (κ2) is 13.3. The van der Waals surface area contributed by atoms with E-state index in [0.29, 0.717) is 11.5 Å². The summed E-state index contributed by atoms with van der Waals surface area (Å²) in [7, 11) is 0. The molecule has 7 heteroatoms. The van der Waals surface area contributed by atoms with Crippen molar-refractivity contribution < 1.29 is 30.2 Å². The fourth-order valence-electron chi connectivity index (χ4n) is 7.62. The number of hydrogen-bond acceptors (Lipinski definition) is 5. The van der Waals surface area contributed by atoms with Gasteiger partial charge in [0.25, 0.3) is 0 Å². The molecule has 0 unspecified atom stereocenters. The fourth-order valence-corrected chi connectivity index (χ4v) is 7.62. The third-order valence-corrected chi connectivity index (χ3v) is 10.1. The Morgan fingerprint density at radius 3 is 2.18 bits per heavy atom. The first-order chi connectivity index (χ1) is 26.7. The quantitative estimate of drug-likeness (QED) is 0.156. The third-order valence-electron chi connectivity index (χ3n) is 10.1. The van der Waals surface area contributed by atoms with Crippen molar-refractivity contribution in [3.63, 3.8) is 0 Å². The van der Waals surface area contributed by atoms with Gasteiger partial charge in [-0.1, -0.05) is 96.5 Å². The summed E-state index contributed by atoms with van der Waals surface area (Å²) in [5, 5.41) is 4.20. The van der Waals surface area contributed by atoms with E-state index in [2.05, 4.69) is 136 Å². The van der Waals surface area contributed by atoms with E-state index in [-0.39, 0.29) is 21.1 Å². The maximum absolute atomic E-state index is 6.56. The SMILES string of the molecule is [Pt].[c-]1c(Oc2[c-]c3c(cc2)c2ccccc2n3-c2cc3oc4ccccc4c3cn2)cccc1N1[CH-]N(c2ccccc2)c2ccc(-c3ccccc3)cc21. The van der Waals surface area contributed by atoms with Gasteiger partial charge >= 0.3 is 0 Å². The Bertz CT molecular complexity index is 3030. The van der Waals surface area contributed by atoms with Crippen LogP contribution in [-0.2, 0) is 21.1 Å². The third kappa shape index (κ3) is 5.57. The molecule has 10 aromatic rings. The predicted molar refractivity (Wildman–Crippen MR) is 217 cm³/mol. The first kappa shape index (κ1) is 33.0. The summed E-state index contributed by atoms with van der Waals surface area (Å²) >= 11 is 0. The molecule has 0 amide bonds. The van der Waals surface area contributed by atoms with Crippen molar-refractivity contribution in [1.82, 2.24) is 9.55 Å². The number of furan rings is 1. The number of ether oxygens (including phenoxy) is 1. The van der Waals surface area contributed by atoms with E-state index in [1.807, 2.05) is 66.9 Å². The maximum atomic E-state index is 6.56. The smallest absolute Gasteiger partial charge is 0.140 e. The van der Waals surface area contributed by atoms with Crippen LogP contribution in [0.25, 0.3) is 60.7 Å². The Labute approximate surface area is 331 Å². The Morgan fingerprint density at radius 2 is 1.31 bits per heavy atom. The van der Waals surface area contributed by atoms with Crippen molar-refractivity contribution in [3.8, 4) is 28.4 Å². The summed E-state index contributed by atoms with van der Waals surface area (Å²) in [5.41, 5.74) is 9.89. The summed E-state index contributed by atoms with van der Waals surface area (Å²) in [5.74, 6) is 1.91. The van der Waals surface area contributed by atoms with Crippen LogP contribution in [0, 0.1) is 18.8 Å². The van der Waals surface area contributed by atoms with Crippen LogP contribution >= 0.6 is 0 Å². The molecule has 0 saturated carbocycles. The first-order valence-electron chi connectivity index (χ1n) is 17.9. The van der Waals surface area contributed by atoms with Gasteiger partial charge in [-0.15, -0.1) is 48.1 Å². The zero-order valence-electron chi connectivity index (χ0n) is 29.2. The number of rotatable bonds is 6. The molecule has 0 aliphatic carbocycles. The van der Waals surface area contributed by atoms with Crippen molar-refractivity contribution in [3.05, 3.63) is 189 Å². The molecule has 1 aliphatic heterocycles. The number of pyridine rings is 1. The van der Waals surface area contributed by atoms with Gasteiger partial charge in [0.2, 0.25) is 0 Å². The first-order valence-corrected chi connectivity index (χ1v) is 17.9. The van der Waals surface area contributed by atoms with Crippen LogP contribution in [0.15, 0.2) is 174 Å². The van der Waals surface area contributed by atoms with Gasteiger partial charge in [-0.3, -0.25) is 0 Å². The standard InChI is InChI=1S/C48H29N4O2.Pt/c1-3-12-32(13-4-1)33-22-25-43-45(26-33)51(31-50(43)34-14-5-2-6-15-34)35-16-11-17-36(27-35)53-37-23-24-39-38-18-7-9-20-42(38)52(44(39)28-37)48-29-47-41(30-49-48)40-19-8-10-21-46(40)54-47;/h1-26,29-31H;/q-3;. The molecule has 0 bridgehead atoms. The minimum absolute atomic E-state index is 0. The van der Waals surface area contributed by atoms with Crippen molar-refractivity contribution in [2.45, 2.75) is 0 Å². The molecule has 266 valence electrons. The molecular weight excluding hydrogens is 860 g/mol. The van der Waals surface area contributed by atoms with Crippen LogP contribution in [0.1, 0.15) is 0 Å². The summed E-state index contributed by atoms with van der Waals surface area (Å²) in [4.78, 5) is 9.32. The Hall–Kier alpha value is -6.62. The van der Waals surface area contributed by atoms with Crippen LogP contribution in [0.4, 0.5) is 22.7 Å². The van der Waals surface area contributed by atoms with Crippen LogP contribution in [0.3, 0.4) is 0 Å². The van der Waals surface area contributed by atoms with E-state index in [9.17, 15) is 0 Å². The van der Waals surface area contributed by atoms with Gasteiger partial charge in [-0.25, -0.2) is 4.98 Å². The normalized spacial score (nSPS) is 12.4. The van der Waals surface area contributed by atoms with Gasteiger partial charge in [0.05, 0.1) is 0 Å². The van der Waals surface area contributed by atoms with Crippen LogP contribution < -0.4 is 14.5 Å². The monoisotopic (exact) mass is 888 g/mol. The summed E-state index contributed by atoms with van der Waals surface area (Å²) < 4.78 is 14.9. The molecule has 0 radical (unpaired) electrons. The zero-order valence-corrected chi connectivity index (χ0v) is 31.4. The van der Waals surface area contributed by atoms with Crippen molar-refractivity contribution >= 4 is 66.5 Å². The molecule has 4 heterocycles. The molecule has 6 nitrogen and oxygen atoms in total. The predicted octanol–water partition coefficient (Wildman–Crippen LogP) is 12.5. The molecule has 11 rings (SSSR count). The molecule has 1 aliphatic rings. The number of anilines is 4. The fraction of sp³-hybridized carbons (Fsp3) is 0. The molecule has 0 N–H and O–H groups in total. The van der Waals surface area contributed by atoms with Gasteiger partial charge in [-0.2, -0.15) is 12.1 Å². The molecule has 0 fully saturated rings. The summed E-state index contributed by atoms with van der Waals surface area (Å²) in [6.45, 7) is 2.12. The second-order valence-electron chi connectivity index (χ2n) is 13.3.